The predicted octanol–water partition coefficient (Wildman–Crippen LogP) is 9.52. The maximum Gasteiger partial charge on any atom is 0.135 e. The zero-order valence-corrected chi connectivity index (χ0v) is 21.7. The van der Waals surface area contributed by atoms with Crippen LogP contribution in [-0.4, -0.2) is 6.04 Å². The molecule has 2 atom stereocenters. The van der Waals surface area contributed by atoms with E-state index in [2.05, 4.69) is 108 Å². The smallest absolute Gasteiger partial charge is 0.135 e. The first-order chi connectivity index (χ1) is 19.8. The quantitative estimate of drug-likeness (QED) is 0.237. The molecule has 2 unspecified atom stereocenters. The highest BCUT2D eigenvalue weighted by molar-refractivity contribution is 6.07. The molecule has 0 radical (unpaired) electrons. The van der Waals surface area contributed by atoms with Crippen molar-refractivity contribution in [2.45, 2.75) is 12.0 Å². The summed E-state index contributed by atoms with van der Waals surface area (Å²) in [5, 5.41) is 13.0. The van der Waals surface area contributed by atoms with Crippen molar-refractivity contribution in [1.82, 2.24) is 0 Å². The number of para-hydroxylation sites is 2. The summed E-state index contributed by atoms with van der Waals surface area (Å²) in [7, 11) is 0. The van der Waals surface area contributed by atoms with Gasteiger partial charge in [-0.1, -0.05) is 109 Å². The molecule has 8 rings (SSSR count). The average molecular weight is 513 g/mol. The van der Waals surface area contributed by atoms with E-state index in [0.29, 0.717) is 5.56 Å². The minimum atomic E-state index is 0.0813. The predicted molar refractivity (Wildman–Crippen MR) is 163 cm³/mol. The maximum absolute atomic E-state index is 10.8. The van der Waals surface area contributed by atoms with Crippen molar-refractivity contribution in [3.8, 4) is 28.3 Å². The molecule has 0 N–H and O–H groups in total. The van der Waals surface area contributed by atoms with Gasteiger partial charge in [-0.25, -0.2) is 0 Å². The average Bonchev–Trinajstić information content (AvgIpc) is 3.56. The van der Waals surface area contributed by atoms with Crippen molar-refractivity contribution in [1.29, 1.82) is 5.26 Å². The van der Waals surface area contributed by atoms with Crippen LogP contribution in [0.3, 0.4) is 0 Å². The molecule has 0 amide bonds. The summed E-state index contributed by atoms with van der Waals surface area (Å²) in [5.74, 6) is 0.223. The van der Waals surface area contributed by atoms with E-state index in [0.717, 1.165) is 55.6 Å². The van der Waals surface area contributed by atoms with Crippen LogP contribution in [0.2, 0.25) is 0 Å². The molecule has 1 aliphatic carbocycles. The van der Waals surface area contributed by atoms with Crippen LogP contribution in [0.4, 0.5) is 11.4 Å². The summed E-state index contributed by atoms with van der Waals surface area (Å²) < 4.78 is 6.13. The number of furan rings is 1. The number of allylic oxidation sites excluding steroid dienone is 2. The summed E-state index contributed by atoms with van der Waals surface area (Å²) in [6, 6.07) is 40.3. The van der Waals surface area contributed by atoms with Gasteiger partial charge < -0.3 is 9.32 Å². The molecule has 6 aromatic rings. The van der Waals surface area contributed by atoms with Crippen LogP contribution >= 0.6 is 0 Å². The molecular weight excluding hydrogens is 488 g/mol. The number of nitriles is 1. The maximum atomic E-state index is 10.8. The summed E-state index contributed by atoms with van der Waals surface area (Å²) in [6.45, 7) is 0. The Balaban J connectivity index is 1.44. The molecule has 3 nitrogen and oxygen atoms in total. The van der Waals surface area contributed by atoms with E-state index >= 15 is 0 Å². The van der Waals surface area contributed by atoms with Crippen molar-refractivity contribution >= 4 is 33.3 Å². The molecule has 2 heterocycles. The molecule has 40 heavy (non-hydrogen) atoms. The third kappa shape index (κ3) is 3.30. The van der Waals surface area contributed by atoms with Gasteiger partial charge in [0.05, 0.1) is 17.3 Å². The van der Waals surface area contributed by atoms with E-state index in [1.165, 1.54) is 5.56 Å². The Labute approximate surface area is 232 Å². The lowest BCUT2D eigenvalue weighted by molar-refractivity contribution is 0.669. The van der Waals surface area contributed by atoms with Crippen molar-refractivity contribution < 1.29 is 4.42 Å². The van der Waals surface area contributed by atoms with Crippen LogP contribution in [0.25, 0.3) is 44.2 Å². The second-order valence-electron chi connectivity index (χ2n) is 10.4. The van der Waals surface area contributed by atoms with E-state index in [1.54, 1.807) is 0 Å². The molecular formula is C37H24N2O. The number of hydrogen-bond acceptors (Lipinski definition) is 3. The number of anilines is 2. The van der Waals surface area contributed by atoms with Gasteiger partial charge in [0.25, 0.3) is 0 Å². The molecule has 0 saturated heterocycles. The van der Waals surface area contributed by atoms with Gasteiger partial charge in [0.15, 0.2) is 0 Å². The van der Waals surface area contributed by atoms with E-state index < -0.39 is 0 Å². The van der Waals surface area contributed by atoms with E-state index in [-0.39, 0.29) is 12.0 Å². The third-order valence-electron chi connectivity index (χ3n) is 8.26. The van der Waals surface area contributed by atoms with Gasteiger partial charge in [0.2, 0.25) is 0 Å². The summed E-state index contributed by atoms with van der Waals surface area (Å²) >= 11 is 0. The summed E-state index contributed by atoms with van der Waals surface area (Å²) in [6.07, 6.45) is 8.79. The Morgan fingerprint density at radius 2 is 1.40 bits per heavy atom. The van der Waals surface area contributed by atoms with E-state index in [1.807, 2.05) is 36.4 Å². The molecule has 0 saturated carbocycles. The molecule has 1 aliphatic heterocycles. The molecule has 188 valence electrons. The van der Waals surface area contributed by atoms with E-state index in [9.17, 15) is 5.26 Å². The summed E-state index contributed by atoms with van der Waals surface area (Å²) in [4.78, 5) is 2.39. The number of hydrogen-bond donors (Lipinski definition) is 0. The lowest BCUT2D eigenvalue weighted by Gasteiger charge is -2.32. The van der Waals surface area contributed by atoms with Gasteiger partial charge in [0, 0.05) is 33.5 Å². The Kier molecular flexibility index (Phi) is 5.02. The van der Waals surface area contributed by atoms with Crippen molar-refractivity contribution in [3.05, 3.63) is 145 Å². The zero-order chi connectivity index (χ0) is 26.6. The number of rotatable bonds is 3. The Bertz CT molecular complexity index is 2040. The number of fused-ring (bicyclic) bond motifs is 6. The monoisotopic (exact) mass is 512 g/mol. The SMILES string of the molecule is N#Cc1c(-c2ccccc2)ccc(-c2ccc3oc4ccccc4c3c2)c1N1c2ccccc2C2C=CC=CC21. The van der Waals surface area contributed by atoms with Crippen molar-refractivity contribution in [2.24, 2.45) is 0 Å². The highest BCUT2D eigenvalue weighted by atomic mass is 16.3. The Morgan fingerprint density at radius 1 is 0.650 bits per heavy atom. The fraction of sp³-hybridized carbons (Fsp3) is 0.0541. The molecule has 2 aliphatic rings. The highest BCUT2D eigenvalue weighted by Crippen LogP contribution is 2.52. The molecule has 0 spiro atoms. The third-order valence-corrected chi connectivity index (χ3v) is 8.26. The fourth-order valence-electron chi connectivity index (χ4n) is 6.49. The Morgan fingerprint density at radius 3 is 2.30 bits per heavy atom. The molecule has 1 aromatic heterocycles. The number of nitrogens with zero attached hydrogens (tertiary/aromatic N) is 2. The molecule has 3 heteroatoms. The lowest BCUT2D eigenvalue weighted by Crippen LogP contribution is -2.29. The molecule has 0 bridgehead atoms. The standard InChI is InChI=1S/C37H24N2O/c38-23-32-26(24-10-2-1-3-11-24)19-20-27(25-18-21-36-31(22-25)30-14-6-9-17-35(30)40-36)37(32)39-33-15-7-4-12-28(33)29-13-5-8-16-34(29)39/h1-22,28,33H. The topological polar surface area (TPSA) is 40.2 Å². The van der Waals surface area contributed by atoms with Crippen LogP contribution in [0.5, 0.6) is 0 Å². The zero-order valence-electron chi connectivity index (χ0n) is 21.7. The second-order valence-corrected chi connectivity index (χ2v) is 10.4. The van der Waals surface area contributed by atoms with Crippen LogP contribution in [0, 0.1) is 11.3 Å². The van der Waals surface area contributed by atoms with Crippen LogP contribution < -0.4 is 4.90 Å². The van der Waals surface area contributed by atoms with Gasteiger partial charge in [-0.15, -0.1) is 0 Å². The van der Waals surface area contributed by atoms with Crippen molar-refractivity contribution in [2.75, 3.05) is 4.90 Å². The molecule has 0 fully saturated rings. The van der Waals surface area contributed by atoms with Gasteiger partial charge in [-0.3, -0.25) is 0 Å². The largest absolute Gasteiger partial charge is 0.456 e. The van der Waals surface area contributed by atoms with E-state index in [4.69, 9.17) is 4.42 Å². The second kappa shape index (κ2) is 8.86. The Hall–Kier alpha value is -5.33. The van der Waals surface area contributed by atoms with Gasteiger partial charge in [-0.2, -0.15) is 5.26 Å². The summed E-state index contributed by atoms with van der Waals surface area (Å²) in [5.41, 5.74) is 9.84. The van der Waals surface area contributed by atoms with Crippen LogP contribution in [0.1, 0.15) is 17.0 Å². The van der Waals surface area contributed by atoms with Crippen LogP contribution in [0.15, 0.2) is 138 Å². The lowest BCUT2D eigenvalue weighted by atomic mass is 9.89. The minimum absolute atomic E-state index is 0.0813. The first kappa shape index (κ1) is 22.6. The molecule has 5 aromatic carbocycles. The van der Waals surface area contributed by atoms with Crippen LogP contribution in [-0.2, 0) is 0 Å². The normalized spacial score (nSPS) is 17.2. The first-order valence-corrected chi connectivity index (χ1v) is 13.6. The first-order valence-electron chi connectivity index (χ1n) is 13.6. The fourth-order valence-corrected chi connectivity index (χ4v) is 6.49. The highest BCUT2D eigenvalue weighted by Gasteiger charge is 2.39. The number of benzene rings is 5. The van der Waals surface area contributed by atoms with Gasteiger partial charge in [-0.05, 0) is 41.0 Å². The van der Waals surface area contributed by atoms with Gasteiger partial charge in [0.1, 0.15) is 17.2 Å². The van der Waals surface area contributed by atoms with Gasteiger partial charge >= 0.3 is 0 Å². The van der Waals surface area contributed by atoms with Crippen molar-refractivity contribution in [3.63, 3.8) is 0 Å². The minimum Gasteiger partial charge on any atom is -0.456 e.